The standard InChI is InChI=1S/C35H40ClN5O6/c1-2-47-33(45)28-13-11-23-9-8-21-15-19-38(29(21)32(44)40(23)28)31(43)27-12-10-24-14-17-35(34(46)41(24)27)16-5-18-39(35)30(42)26(37)20-22-6-3-4-7-25(22)36/h3-4,6-9,14,17,21,23-24,27-29,37H,2,5,10-13,15-16,18-20H2,1H3/t21-,23-,24-,27-,28-,29-,35+/m0/s1. The molecule has 0 bridgehead atoms. The van der Waals surface area contributed by atoms with Crippen molar-refractivity contribution in [1.29, 1.82) is 5.41 Å². The van der Waals surface area contributed by atoms with E-state index in [0.717, 1.165) is 0 Å². The van der Waals surface area contributed by atoms with Gasteiger partial charge >= 0.3 is 5.97 Å². The molecule has 4 saturated heterocycles. The van der Waals surface area contributed by atoms with Gasteiger partial charge in [0.1, 0.15) is 29.4 Å². The molecular formula is C35H40ClN5O6. The molecule has 248 valence electrons. The summed E-state index contributed by atoms with van der Waals surface area (Å²) in [5, 5.41) is 9.11. The van der Waals surface area contributed by atoms with Gasteiger partial charge in [-0.05, 0) is 63.5 Å². The van der Waals surface area contributed by atoms with Gasteiger partial charge in [0, 0.05) is 30.5 Å². The van der Waals surface area contributed by atoms with Gasteiger partial charge in [-0.15, -0.1) is 0 Å². The maximum atomic E-state index is 14.5. The summed E-state index contributed by atoms with van der Waals surface area (Å²) in [7, 11) is 0. The van der Waals surface area contributed by atoms with E-state index in [2.05, 4.69) is 0 Å². The predicted molar refractivity (Wildman–Crippen MR) is 172 cm³/mol. The SMILES string of the molecule is CCOC(=O)[C@@H]1CC[C@@H]2C=C[C@H]3CCN(C(=O)[C@@H]4CC[C@H]5C=C[C@]6(CCCN6C(=O)C(=N)Cc6ccccc6Cl)C(=O)N54)[C@@H]3C(=O)N21. The quantitative estimate of drug-likeness (QED) is 0.283. The van der Waals surface area contributed by atoms with Gasteiger partial charge in [0.05, 0.1) is 18.7 Å². The zero-order valence-corrected chi connectivity index (χ0v) is 27.2. The number of benzene rings is 1. The molecule has 1 spiro atoms. The molecule has 4 fully saturated rings. The highest BCUT2D eigenvalue weighted by Gasteiger charge is 2.58. The number of amides is 4. The molecule has 7 rings (SSSR count). The molecule has 11 nitrogen and oxygen atoms in total. The average molecular weight is 662 g/mol. The van der Waals surface area contributed by atoms with Crippen molar-refractivity contribution in [2.75, 3.05) is 19.7 Å². The lowest BCUT2D eigenvalue weighted by Gasteiger charge is -2.44. The Hall–Kier alpha value is -3.99. The number of nitrogens with zero attached hydrogens (tertiary/aromatic N) is 4. The number of halogens is 1. The Morgan fingerprint density at radius 1 is 0.957 bits per heavy atom. The average Bonchev–Trinajstić information content (AvgIpc) is 3.86. The molecule has 1 aromatic carbocycles. The highest BCUT2D eigenvalue weighted by atomic mass is 35.5. The summed E-state index contributed by atoms with van der Waals surface area (Å²) in [5.74, 6) is -1.93. The Bertz CT molecular complexity index is 1590. The first kappa shape index (κ1) is 31.6. The summed E-state index contributed by atoms with van der Waals surface area (Å²) in [5.41, 5.74) is -0.758. The largest absolute Gasteiger partial charge is 0.464 e. The first-order valence-corrected chi connectivity index (χ1v) is 17.2. The van der Waals surface area contributed by atoms with Crippen LogP contribution in [0.5, 0.6) is 0 Å². The van der Waals surface area contributed by atoms with Crippen LogP contribution in [0.15, 0.2) is 48.6 Å². The molecule has 6 aliphatic rings. The maximum Gasteiger partial charge on any atom is 0.328 e. The number of carbonyl (C=O) groups excluding carboxylic acids is 5. The zero-order valence-electron chi connectivity index (χ0n) is 26.5. The van der Waals surface area contributed by atoms with E-state index in [-0.39, 0.29) is 54.5 Å². The fraction of sp³-hybridized carbons (Fsp3) is 0.543. The van der Waals surface area contributed by atoms with Crippen LogP contribution >= 0.6 is 11.6 Å². The highest BCUT2D eigenvalue weighted by molar-refractivity contribution is 6.39. The summed E-state index contributed by atoms with van der Waals surface area (Å²) >= 11 is 6.30. The van der Waals surface area contributed by atoms with E-state index in [1.807, 2.05) is 24.3 Å². The molecule has 47 heavy (non-hydrogen) atoms. The van der Waals surface area contributed by atoms with E-state index in [1.54, 1.807) is 45.9 Å². The number of carbonyl (C=O) groups is 5. The Kier molecular flexibility index (Phi) is 8.22. The normalized spacial score (nSPS) is 32.5. The summed E-state index contributed by atoms with van der Waals surface area (Å²) in [4.78, 5) is 76.0. The van der Waals surface area contributed by atoms with Crippen molar-refractivity contribution < 1.29 is 28.7 Å². The molecule has 12 heteroatoms. The third-order valence-electron chi connectivity index (χ3n) is 11.0. The van der Waals surface area contributed by atoms with E-state index < -0.39 is 35.5 Å². The van der Waals surface area contributed by atoms with Crippen LogP contribution in [0, 0.1) is 11.3 Å². The Morgan fingerprint density at radius 2 is 1.70 bits per heavy atom. The molecule has 4 amide bonds. The number of ether oxygens (including phenoxy) is 1. The van der Waals surface area contributed by atoms with Crippen molar-refractivity contribution in [3.05, 3.63) is 59.2 Å². The van der Waals surface area contributed by atoms with Crippen LogP contribution in [-0.4, -0.2) is 110 Å². The lowest BCUT2D eigenvalue weighted by atomic mass is 9.88. The van der Waals surface area contributed by atoms with Crippen molar-refractivity contribution in [1.82, 2.24) is 19.6 Å². The van der Waals surface area contributed by atoms with Crippen molar-refractivity contribution in [3.63, 3.8) is 0 Å². The number of fused-ring (bicyclic) bond motifs is 3. The van der Waals surface area contributed by atoms with Gasteiger partial charge in [-0.2, -0.15) is 0 Å². The fourth-order valence-corrected chi connectivity index (χ4v) is 8.93. The zero-order chi connectivity index (χ0) is 33.0. The first-order chi connectivity index (χ1) is 22.7. The van der Waals surface area contributed by atoms with E-state index in [4.69, 9.17) is 21.7 Å². The number of hydrogen-bond acceptors (Lipinski definition) is 7. The van der Waals surface area contributed by atoms with Crippen LogP contribution in [0.4, 0.5) is 0 Å². The molecule has 1 aromatic rings. The van der Waals surface area contributed by atoms with Crippen LogP contribution in [0.3, 0.4) is 0 Å². The molecule has 0 aliphatic carbocycles. The van der Waals surface area contributed by atoms with Gasteiger partial charge in [-0.25, -0.2) is 4.79 Å². The molecule has 7 atom stereocenters. The number of nitrogens with one attached hydrogen (secondary N) is 1. The monoisotopic (exact) mass is 661 g/mol. The predicted octanol–water partition coefficient (Wildman–Crippen LogP) is 2.90. The minimum absolute atomic E-state index is 0.0470. The van der Waals surface area contributed by atoms with Crippen molar-refractivity contribution in [2.45, 2.75) is 94.0 Å². The van der Waals surface area contributed by atoms with Gasteiger partial charge in [-0.1, -0.05) is 54.1 Å². The fourth-order valence-electron chi connectivity index (χ4n) is 8.73. The Labute approximate surface area is 279 Å². The molecule has 0 unspecified atom stereocenters. The van der Waals surface area contributed by atoms with Crippen LogP contribution in [0.25, 0.3) is 0 Å². The van der Waals surface area contributed by atoms with Gasteiger partial charge in [0.25, 0.3) is 11.8 Å². The van der Waals surface area contributed by atoms with Gasteiger partial charge in [0.15, 0.2) is 0 Å². The van der Waals surface area contributed by atoms with E-state index >= 15 is 0 Å². The second-order valence-corrected chi connectivity index (χ2v) is 13.8. The Morgan fingerprint density at radius 3 is 2.47 bits per heavy atom. The lowest BCUT2D eigenvalue weighted by Crippen LogP contribution is -2.64. The maximum absolute atomic E-state index is 14.5. The minimum atomic E-state index is -1.27. The van der Waals surface area contributed by atoms with Crippen LogP contribution in [-0.2, 0) is 35.1 Å². The first-order valence-electron chi connectivity index (χ1n) is 16.8. The van der Waals surface area contributed by atoms with Gasteiger partial charge < -0.3 is 24.3 Å². The minimum Gasteiger partial charge on any atom is -0.464 e. The van der Waals surface area contributed by atoms with Crippen molar-refractivity contribution in [2.24, 2.45) is 5.92 Å². The van der Waals surface area contributed by atoms with Gasteiger partial charge in [0.2, 0.25) is 11.8 Å². The highest BCUT2D eigenvalue weighted by Crippen LogP contribution is 2.43. The topological polar surface area (TPSA) is 131 Å². The molecule has 1 N–H and O–H groups in total. The molecular weight excluding hydrogens is 622 g/mol. The molecule has 0 radical (unpaired) electrons. The van der Waals surface area contributed by atoms with E-state index in [1.165, 1.54) is 4.90 Å². The summed E-state index contributed by atoms with van der Waals surface area (Å²) < 4.78 is 5.29. The summed E-state index contributed by atoms with van der Waals surface area (Å²) in [6.07, 6.45) is 11.6. The third-order valence-corrected chi connectivity index (χ3v) is 11.3. The third kappa shape index (κ3) is 5.08. The molecule has 6 aliphatic heterocycles. The summed E-state index contributed by atoms with van der Waals surface area (Å²) in [6, 6.07) is 4.37. The Balaban J connectivity index is 1.11. The molecule has 0 saturated carbocycles. The number of esters is 1. The van der Waals surface area contributed by atoms with Crippen LogP contribution in [0.2, 0.25) is 5.02 Å². The molecule has 0 aromatic heterocycles. The smallest absolute Gasteiger partial charge is 0.328 e. The van der Waals surface area contributed by atoms with Gasteiger partial charge in [-0.3, -0.25) is 24.6 Å². The van der Waals surface area contributed by atoms with Crippen molar-refractivity contribution >= 4 is 46.9 Å². The van der Waals surface area contributed by atoms with Crippen LogP contribution in [0.1, 0.15) is 57.4 Å². The molecule has 6 heterocycles. The summed E-state index contributed by atoms with van der Waals surface area (Å²) in [6.45, 7) is 2.67. The van der Waals surface area contributed by atoms with Crippen LogP contribution < -0.4 is 0 Å². The lowest BCUT2D eigenvalue weighted by molar-refractivity contribution is -0.158. The number of likely N-dealkylation sites (tertiary alicyclic amines) is 2. The number of hydrogen-bond donors (Lipinski definition) is 1. The second kappa shape index (κ2) is 12.2. The second-order valence-electron chi connectivity index (χ2n) is 13.4. The van der Waals surface area contributed by atoms with E-state index in [0.29, 0.717) is 68.6 Å². The van der Waals surface area contributed by atoms with E-state index in [9.17, 15) is 24.0 Å². The number of rotatable bonds is 6. The van der Waals surface area contributed by atoms with Crippen molar-refractivity contribution in [3.8, 4) is 0 Å².